The van der Waals surface area contributed by atoms with Gasteiger partial charge in [-0.3, -0.25) is 14.3 Å². The molecule has 0 spiro atoms. The summed E-state index contributed by atoms with van der Waals surface area (Å²) >= 11 is 0. The van der Waals surface area contributed by atoms with E-state index in [2.05, 4.69) is 20.2 Å². The van der Waals surface area contributed by atoms with Gasteiger partial charge in [0.15, 0.2) is 0 Å². The maximum Gasteiger partial charge on any atom is 0.282 e. The summed E-state index contributed by atoms with van der Waals surface area (Å²) in [6.07, 6.45) is 5.18. The van der Waals surface area contributed by atoms with Crippen LogP contribution in [0.2, 0.25) is 0 Å². The number of rotatable bonds is 6. The molecule has 12 nitrogen and oxygen atoms in total. The molecule has 208 valence electrons. The van der Waals surface area contributed by atoms with Crippen LogP contribution < -0.4 is 10.9 Å². The second-order valence-corrected chi connectivity index (χ2v) is 13.2. The van der Waals surface area contributed by atoms with Crippen molar-refractivity contribution in [2.45, 2.75) is 62.8 Å². The first kappa shape index (κ1) is 26.1. The number of ether oxygens (including phenoxy) is 1. The molecule has 0 amide bonds. The van der Waals surface area contributed by atoms with E-state index in [0.29, 0.717) is 70.3 Å². The Labute approximate surface area is 222 Å². The van der Waals surface area contributed by atoms with E-state index in [9.17, 15) is 18.3 Å². The molecule has 0 aromatic carbocycles. The summed E-state index contributed by atoms with van der Waals surface area (Å²) in [5.74, 6) is 0.409. The summed E-state index contributed by atoms with van der Waals surface area (Å²) in [5.41, 5.74) is -0.641. The van der Waals surface area contributed by atoms with Crippen molar-refractivity contribution in [1.82, 2.24) is 28.0 Å². The fourth-order valence-electron chi connectivity index (χ4n) is 6.30. The highest BCUT2D eigenvalue weighted by Crippen LogP contribution is 2.39. The van der Waals surface area contributed by atoms with Crippen molar-refractivity contribution >= 4 is 27.2 Å². The predicted molar refractivity (Wildman–Crippen MR) is 142 cm³/mol. The third-order valence-corrected chi connectivity index (χ3v) is 10.7. The van der Waals surface area contributed by atoms with Gasteiger partial charge in [-0.15, -0.1) is 0 Å². The molecule has 2 aromatic rings. The topological polar surface area (TPSA) is 133 Å². The molecule has 1 aliphatic carbocycles. The maximum absolute atomic E-state index is 13.2. The Kier molecular flexibility index (Phi) is 6.93. The Morgan fingerprint density at radius 2 is 1.82 bits per heavy atom. The first-order valence-electron chi connectivity index (χ1n) is 13.7. The van der Waals surface area contributed by atoms with E-state index in [1.54, 1.807) is 32.4 Å². The number of aromatic nitrogens is 3. The van der Waals surface area contributed by atoms with E-state index >= 15 is 0 Å². The molecule has 2 aromatic heterocycles. The summed E-state index contributed by atoms with van der Waals surface area (Å²) < 4.78 is 36.5. The second-order valence-electron chi connectivity index (χ2n) is 11.2. The minimum atomic E-state index is -3.46. The standard InChI is InChI=1S/C25H37N7O5S/c1-25(34)8-2-3-21(25)32-22(33)5-4-18-15-26-24(28-23(18)32)27-19-6-9-30(10-7-19)38(35,36)31-16-20(17-31)29-11-13-37-14-12-29/h4-5,15,19-21,34H,2-3,6-14,16-17H2,1H3,(H,26,27,28)/t21-,25-/m1/s1. The molecule has 1 saturated carbocycles. The van der Waals surface area contributed by atoms with Crippen molar-refractivity contribution in [3.8, 4) is 0 Å². The summed E-state index contributed by atoms with van der Waals surface area (Å²) in [6, 6.07) is 3.19. The van der Waals surface area contributed by atoms with Crippen LogP contribution in [0, 0.1) is 0 Å². The molecular weight excluding hydrogens is 510 g/mol. The van der Waals surface area contributed by atoms with Gasteiger partial charge in [0.05, 0.1) is 24.9 Å². The fourth-order valence-corrected chi connectivity index (χ4v) is 8.02. The van der Waals surface area contributed by atoms with Crippen LogP contribution in [0.1, 0.15) is 45.1 Å². The molecule has 13 heteroatoms. The Hall–Kier alpha value is -2.16. The van der Waals surface area contributed by atoms with Crippen molar-refractivity contribution in [2.24, 2.45) is 0 Å². The van der Waals surface area contributed by atoms with Crippen LogP contribution in [0.3, 0.4) is 0 Å². The Balaban J connectivity index is 1.10. The first-order chi connectivity index (χ1) is 18.2. The zero-order chi connectivity index (χ0) is 26.5. The third kappa shape index (κ3) is 4.84. The van der Waals surface area contributed by atoms with Gasteiger partial charge in [-0.1, -0.05) is 0 Å². The molecule has 0 radical (unpaired) electrons. The number of anilines is 1. The molecule has 4 fully saturated rings. The Morgan fingerprint density at radius 3 is 2.50 bits per heavy atom. The number of hydrogen-bond acceptors (Lipinski definition) is 9. The molecule has 4 aliphatic rings. The molecular formula is C25H37N7O5S. The molecule has 2 N–H and O–H groups in total. The van der Waals surface area contributed by atoms with E-state index < -0.39 is 15.8 Å². The quantitative estimate of drug-likeness (QED) is 0.527. The van der Waals surface area contributed by atoms with Crippen LogP contribution in [0.4, 0.5) is 5.95 Å². The normalized spacial score (nSPS) is 29.1. The molecule has 0 bridgehead atoms. The van der Waals surface area contributed by atoms with Crippen molar-refractivity contribution in [1.29, 1.82) is 0 Å². The number of nitrogens with one attached hydrogen (secondary N) is 1. The van der Waals surface area contributed by atoms with Crippen LogP contribution >= 0.6 is 0 Å². The summed E-state index contributed by atoms with van der Waals surface area (Å²) in [5, 5.41) is 15.0. The number of morpholine rings is 1. The highest BCUT2D eigenvalue weighted by atomic mass is 32.2. The number of hydrogen-bond donors (Lipinski definition) is 2. The van der Waals surface area contributed by atoms with Gasteiger partial charge in [0.25, 0.3) is 15.8 Å². The lowest BCUT2D eigenvalue weighted by Gasteiger charge is -2.47. The zero-order valence-corrected chi connectivity index (χ0v) is 22.6. The lowest BCUT2D eigenvalue weighted by molar-refractivity contribution is -0.0128. The van der Waals surface area contributed by atoms with Gasteiger partial charge in [0.2, 0.25) is 5.95 Å². The minimum Gasteiger partial charge on any atom is -0.388 e. The van der Waals surface area contributed by atoms with Gasteiger partial charge in [0.1, 0.15) is 5.65 Å². The highest BCUT2D eigenvalue weighted by Gasteiger charge is 2.43. The second kappa shape index (κ2) is 10.1. The van der Waals surface area contributed by atoms with Crippen molar-refractivity contribution in [3.63, 3.8) is 0 Å². The largest absolute Gasteiger partial charge is 0.388 e. The zero-order valence-electron chi connectivity index (χ0n) is 21.8. The number of aliphatic hydroxyl groups is 1. The van der Waals surface area contributed by atoms with Crippen LogP contribution in [0.25, 0.3) is 11.0 Å². The van der Waals surface area contributed by atoms with Gasteiger partial charge in [-0.05, 0) is 45.1 Å². The van der Waals surface area contributed by atoms with E-state index in [4.69, 9.17) is 4.74 Å². The molecule has 5 heterocycles. The monoisotopic (exact) mass is 547 g/mol. The molecule has 38 heavy (non-hydrogen) atoms. The van der Waals surface area contributed by atoms with Gasteiger partial charge >= 0.3 is 0 Å². The fraction of sp³-hybridized carbons (Fsp3) is 0.720. The average Bonchev–Trinajstić information content (AvgIpc) is 3.22. The number of nitrogens with zero attached hydrogens (tertiary/aromatic N) is 6. The lowest BCUT2D eigenvalue weighted by Crippen LogP contribution is -2.65. The maximum atomic E-state index is 13.2. The van der Waals surface area contributed by atoms with Gasteiger partial charge in [-0.2, -0.15) is 22.0 Å². The average molecular weight is 548 g/mol. The smallest absolute Gasteiger partial charge is 0.282 e. The molecule has 0 unspecified atom stereocenters. The summed E-state index contributed by atoms with van der Waals surface area (Å²) in [4.78, 5) is 24.3. The number of piperidine rings is 1. The van der Waals surface area contributed by atoms with Gasteiger partial charge in [-0.25, -0.2) is 4.98 Å². The molecule has 3 aliphatic heterocycles. The van der Waals surface area contributed by atoms with Crippen LogP contribution in [0.5, 0.6) is 0 Å². The van der Waals surface area contributed by atoms with E-state index in [0.717, 1.165) is 31.3 Å². The molecule has 6 rings (SSSR count). The van der Waals surface area contributed by atoms with E-state index in [1.165, 1.54) is 6.07 Å². The lowest BCUT2D eigenvalue weighted by atomic mass is 10.00. The summed E-state index contributed by atoms with van der Waals surface area (Å²) in [7, 11) is -3.46. The summed E-state index contributed by atoms with van der Waals surface area (Å²) in [6.45, 7) is 6.88. The van der Waals surface area contributed by atoms with Gasteiger partial charge < -0.3 is 15.2 Å². The predicted octanol–water partition coefficient (Wildman–Crippen LogP) is 0.405. The van der Waals surface area contributed by atoms with Crippen LogP contribution in [-0.4, -0.2) is 112 Å². The minimum absolute atomic E-state index is 0.0230. The Bertz CT molecular complexity index is 1330. The van der Waals surface area contributed by atoms with Gasteiger partial charge in [0, 0.05) is 69.0 Å². The highest BCUT2D eigenvalue weighted by molar-refractivity contribution is 7.86. The first-order valence-corrected chi connectivity index (χ1v) is 15.1. The number of fused-ring (bicyclic) bond motifs is 1. The van der Waals surface area contributed by atoms with Crippen LogP contribution in [0.15, 0.2) is 23.1 Å². The molecule has 2 atom stereocenters. The van der Waals surface area contributed by atoms with Crippen molar-refractivity contribution in [2.75, 3.05) is 57.8 Å². The number of pyridine rings is 1. The van der Waals surface area contributed by atoms with E-state index in [1.807, 2.05) is 0 Å². The van der Waals surface area contributed by atoms with Crippen molar-refractivity contribution < 1.29 is 18.3 Å². The van der Waals surface area contributed by atoms with Crippen LogP contribution in [-0.2, 0) is 14.9 Å². The Morgan fingerprint density at radius 1 is 1.08 bits per heavy atom. The molecule has 3 saturated heterocycles. The van der Waals surface area contributed by atoms with E-state index in [-0.39, 0.29) is 23.7 Å². The SMILES string of the molecule is C[C@@]1(O)CCC[C@H]1n1c(=O)ccc2cnc(NC3CCN(S(=O)(=O)N4CC(N5CCOCC5)C4)CC3)nc21. The van der Waals surface area contributed by atoms with Crippen molar-refractivity contribution in [3.05, 3.63) is 28.7 Å². The third-order valence-electron chi connectivity index (χ3n) is 8.69.